The van der Waals surface area contributed by atoms with Crippen molar-refractivity contribution in [2.24, 2.45) is 0 Å². The molecule has 3 heteroatoms. The molecular formula is C14H11ClO2. The molecule has 2 aromatic rings. The van der Waals surface area contributed by atoms with Crippen molar-refractivity contribution in [3.05, 3.63) is 58.6 Å². The fourth-order valence-electron chi connectivity index (χ4n) is 1.78. The molecule has 2 aromatic carbocycles. The zero-order valence-electron chi connectivity index (χ0n) is 9.27. The molecule has 0 aromatic heterocycles. The molecule has 0 saturated carbocycles. The number of aromatic carboxylic acids is 1. The molecule has 0 bridgehead atoms. The molecule has 0 radical (unpaired) electrons. The van der Waals surface area contributed by atoms with E-state index in [1.165, 1.54) is 0 Å². The van der Waals surface area contributed by atoms with E-state index in [1.54, 1.807) is 12.1 Å². The molecule has 0 amide bonds. The third-order valence-corrected chi connectivity index (χ3v) is 3.19. The maximum atomic E-state index is 10.9. The monoisotopic (exact) mass is 246 g/mol. The minimum absolute atomic E-state index is 0.142. The van der Waals surface area contributed by atoms with Crippen molar-refractivity contribution in [1.29, 1.82) is 0 Å². The molecule has 0 unspecified atom stereocenters. The Bertz CT molecular complexity index is 562. The van der Waals surface area contributed by atoms with Crippen molar-refractivity contribution in [1.82, 2.24) is 0 Å². The summed E-state index contributed by atoms with van der Waals surface area (Å²) in [6.45, 7) is 1.83. The Kier molecular flexibility index (Phi) is 3.16. The summed E-state index contributed by atoms with van der Waals surface area (Å²) in [5, 5.41) is 9.27. The zero-order chi connectivity index (χ0) is 12.4. The Morgan fingerprint density at radius 1 is 1.12 bits per heavy atom. The lowest BCUT2D eigenvalue weighted by molar-refractivity contribution is 0.0697. The summed E-state index contributed by atoms with van der Waals surface area (Å²) in [6.07, 6.45) is 0. The van der Waals surface area contributed by atoms with Gasteiger partial charge in [-0.3, -0.25) is 0 Å². The largest absolute Gasteiger partial charge is 0.478 e. The van der Waals surface area contributed by atoms with Gasteiger partial charge in [0.15, 0.2) is 0 Å². The lowest BCUT2D eigenvalue weighted by Crippen LogP contribution is -1.99. The number of carboxylic acids is 1. The topological polar surface area (TPSA) is 37.3 Å². The molecule has 86 valence electrons. The summed E-state index contributed by atoms with van der Waals surface area (Å²) in [5.74, 6) is -1.00. The average Bonchev–Trinajstić information content (AvgIpc) is 2.33. The van der Waals surface area contributed by atoms with Gasteiger partial charge in [-0.1, -0.05) is 48.0 Å². The first-order valence-corrected chi connectivity index (χ1v) is 5.57. The van der Waals surface area contributed by atoms with Crippen LogP contribution in [-0.2, 0) is 0 Å². The second-order valence-electron chi connectivity index (χ2n) is 3.77. The molecule has 0 aliphatic rings. The predicted octanol–water partition coefficient (Wildman–Crippen LogP) is 4.01. The summed E-state index contributed by atoms with van der Waals surface area (Å²) in [4.78, 5) is 10.9. The van der Waals surface area contributed by atoms with Crippen molar-refractivity contribution in [3.63, 3.8) is 0 Å². The molecular weight excluding hydrogens is 236 g/mol. The molecule has 0 heterocycles. The van der Waals surface area contributed by atoms with E-state index in [0.717, 1.165) is 16.7 Å². The van der Waals surface area contributed by atoms with Gasteiger partial charge < -0.3 is 5.11 Å². The van der Waals surface area contributed by atoms with Crippen LogP contribution in [0.4, 0.5) is 0 Å². The van der Waals surface area contributed by atoms with Crippen molar-refractivity contribution in [2.45, 2.75) is 6.92 Å². The van der Waals surface area contributed by atoms with Gasteiger partial charge in [-0.15, -0.1) is 0 Å². The Morgan fingerprint density at radius 3 is 2.35 bits per heavy atom. The van der Waals surface area contributed by atoms with Crippen LogP contribution < -0.4 is 0 Å². The Labute approximate surface area is 104 Å². The predicted molar refractivity (Wildman–Crippen MR) is 68.6 cm³/mol. The molecule has 1 N–H and O–H groups in total. The van der Waals surface area contributed by atoms with Crippen molar-refractivity contribution in [3.8, 4) is 11.1 Å². The van der Waals surface area contributed by atoms with E-state index < -0.39 is 5.97 Å². The van der Waals surface area contributed by atoms with Crippen LogP contribution in [0.25, 0.3) is 11.1 Å². The van der Waals surface area contributed by atoms with Gasteiger partial charge in [0.2, 0.25) is 0 Å². The SMILES string of the molecule is Cc1c(-c2ccccc2)ccc(C(=O)O)c1Cl. The maximum absolute atomic E-state index is 10.9. The van der Waals surface area contributed by atoms with E-state index >= 15 is 0 Å². The van der Waals surface area contributed by atoms with Crippen LogP contribution in [0.15, 0.2) is 42.5 Å². The van der Waals surface area contributed by atoms with Gasteiger partial charge in [-0.25, -0.2) is 4.79 Å². The van der Waals surface area contributed by atoms with Crippen LogP contribution in [0.3, 0.4) is 0 Å². The summed E-state index contributed by atoms with van der Waals surface area (Å²) in [6, 6.07) is 13.1. The van der Waals surface area contributed by atoms with E-state index in [9.17, 15) is 4.79 Å². The minimum atomic E-state index is -1.00. The molecule has 0 aliphatic heterocycles. The van der Waals surface area contributed by atoms with Crippen molar-refractivity contribution < 1.29 is 9.90 Å². The number of benzene rings is 2. The van der Waals surface area contributed by atoms with Gasteiger partial charge in [-0.05, 0) is 29.7 Å². The van der Waals surface area contributed by atoms with Gasteiger partial charge in [0.05, 0.1) is 10.6 Å². The van der Waals surface area contributed by atoms with Gasteiger partial charge >= 0.3 is 5.97 Å². The van der Waals surface area contributed by atoms with Crippen LogP contribution in [-0.4, -0.2) is 11.1 Å². The summed E-state index contributed by atoms with van der Waals surface area (Å²) < 4.78 is 0. The van der Waals surface area contributed by atoms with E-state index in [4.69, 9.17) is 16.7 Å². The van der Waals surface area contributed by atoms with Crippen molar-refractivity contribution >= 4 is 17.6 Å². The Hall–Kier alpha value is -1.80. The highest BCUT2D eigenvalue weighted by Crippen LogP contribution is 2.30. The number of rotatable bonds is 2. The standard InChI is InChI=1S/C14H11ClO2/c1-9-11(10-5-3-2-4-6-10)7-8-12(13(9)15)14(16)17/h2-8H,1H3,(H,16,17). The number of hydrogen-bond acceptors (Lipinski definition) is 1. The van der Waals surface area contributed by atoms with Gasteiger partial charge in [0.25, 0.3) is 0 Å². The quantitative estimate of drug-likeness (QED) is 0.869. The van der Waals surface area contributed by atoms with Crippen LogP contribution in [0.1, 0.15) is 15.9 Å². The number of carbonyl (C=O) groups is 1. The summed E-state index contributed by atoms with van der Waals surface area (Å²) in [7, 11) is 0. The first kappa shape index (κ1) is 11.7. The van der Waals surface area contributed by atoms with Crippen LogP contribution in [0.5, 0.6) is 0 Å². The third kappa shape index (κ3) is 2.17. The molecule has 0 saturated heterocycles. The summed E-state index contributed by atoms with van der Waals surface area (Å²) in [5.41, 5.74) is 2.92. The Balaban J connectivity index is 2.60. The van der Waals surface area contributed by atoms with E-state index in [1.807, 2.05) is 37.3 Å². The smallest absolute Gasteiger partial charge is 0.337 e. The van der Waals surface area contributed by atoms with Crippen LogP contribution in [0, 0.1) is 6.92 Å². The normalized spacial score (nSPS) is 10.2. The highest BCUT2D eigenvalue weighted by molar-refractivity contribution is 6.34. The zero-order valence-corrected chi connectivity index (χ0v) is 10.0. The second-order valence-corrected chi connectivity index (χ2v) is 4.15. The van der Waals surface area contributed by atoms with Crippen molar-refractivity contribution in [2.75, 3.05) is 0 Å². The van der Waals surface area contributed by atoms with Gasteiger partial charge in [0, 0.05) is 0 Å². The lowest BCUT2D eigenvalue weighted by atomic mass is 9.98. The van der Waals surface area contributed by atoms with E-state index in [-0.39, 0.29) is 5.56 Å². The first-order chi connectivity index (χ1) is 8.11. The molecule has 0 fully saturated rings. The molecule has 0 atom stereocenters. The highest BCUT2D eigenvalue weighted by atomic mass is 35.5. The second kappa shape index (κ2) is 4.60. The van der Waals surface area contributed by atoms with E-state index in [2.05, 4.69) is 0 Å². The highest BCUT2D eigenvalue weighted by Gasteiger charge is 2.13. The molecule has 0 spiro atoms. The Morgan fingerprint density at radius 2 is 1.76 bits per heavy atom. The first-order valence-electron chi connectivity index (χ1n) is 5.19. The molecule has 2 nitrogen and oxygen atoms in total. The molecule has 2 rings (SSSR count). The number of hydrogen-bond donors (Lipinski definition) is 1. The van der Waals surface area contributed by atoms with Crippen LogP contribution >= 0.6 is 11.6 Å². The molecule has 0 aliphatic carbocycles. The fourth-order valence-corrected chi connectivity index (χ4v) is 2.03. The summed E-state index contributed by atoms with van der Waals surface area (Å²) >= 11 is 6.06. The fraction of sp³-hybridized carbons (Fsp3) is 0.0714. The van der Waals surface area contributed by atoms with Gasteiger partial charge in [0.1, 0.15) is 0 Å². The lowest BCUT2D eigenvalue weighted by Gasteiger charge is -2.09. The molecule has 17 heavy (non-hydrogen) atoms. The third-order valence-electron chi connectivity index (χ3n) is 2.70. The van der Waals surface area contributed by atoms with Gasteiger partial charge in [-0.2, -0.15) is 0 Å². The number of halogens is 1. The number of carboxylic acid groups (broad SMARTS) is 1. The maximum Gasteiger partial charge on any atom is 0.337 e. The van der Waals surface area contributed by atoms with E-state index in [0.29, 0.717) is 5.02 Å². The average molecular weight is 247 g/mol. The van der Waals surface area contributed by atoms with Crippen LogP contribution in [0.2, 0.25) is 5.02 Å². The minimum Gasteiger partial charge on any atom is -0.478 e.